The predicted octanol–water partition coefficient (Wildman–Crippen LogP) is 0.655. The third-order valence-corrected chi connectivity index (χ3v) is 3.87. The van der Waals surface area contributed by atoms with Crippen molar-refractivity contribution < 1.29 is 9.53 Å². The van der Waals surface area contributed by atoms with Crippen LogP contribution in [0.15, 0.2) is 4.79 Å². The molecule has 0 unspecified atom stereocenters. The Hall–Kier alpha value is -2.13. The van der Waals surface area contributed by atoms with Crippen molar-refractivity contribution in [3.8, 4) is 6.07 Å². The summed E-state index contributed by atoms with van der Waals surface area (Å²) in [5.74, 6) is 0.0850. The monoisotopic (exact) mass is 289 g/mol. The number of carbonyl (C=O) groups is 1. The molecular formula is C15H19N3O3. The van der Waals surface area contributed by atoms with Crippen molar-refractivity contribution in [3.05, 3.63) is 32.7 Å². The van der Waals surface area contributed by atoms with Crippen LogP contribution in [0.4, 0.5) is 0 Å². The Labute approximate surface area is 123 Å². The number of H-pyrrole nitrogens is 1. The number of rotatable bonds is 3. The van der Waals surface area contributed by atoms with Crippen LogP contribution in [0.1, 0.15) is 28.8 Å². The quantitative estimate of drug-likeness (QED) is 0.885. The van der Waals surface area contributed by atoms with Crippen LogP contribution >= 0.6 is 0 Å². The highest BCUT2D eigenvalue weighted by Gasteiger charge is 2.18. The highest BCUT2D eigenvalue weighted by molar-refractivity contribution is 5.76. The number of hydrogen-bond acceptors (Lipinski definition) is 4. The molecule has 1 aromatic rings. The molecule has 21 heavy (non-hydrogen) atoms. The van der Waals surface area contributed by atoms with Crippen molar-refractivity contribution in [1.29, 1.82) is 5.26 Å². The minimum Gasteiger partial charge on any atom is -0.378 e. The number of nitrogens with zero attached hydrogens (tertiary/aromatic N) is 2. The molecule has 1 amide bonds. The lowest BCUT2D eigenvalue weighted by Crippen LogP contribution is -2.40. The van der Waals surface area contributed by atoms with Crippen molar-refractivity contribution in [1.82, 2.24) is 9.88 Å². The zero-order valence-electron chi connectivity index (χ0n) is 12.4. The van der Waals surface area contributed by atoms with Gasteiger partial charge in [0.1, 0.15) is 11.6 Å². The Morgan fingerprint density at radius 3 is 2.67 bits per heavy atom. The Morgan fingerprint density at radius 1 is 1.38 bits per heavy atom. The van der Waals surface area contributed by atoms with Crippen LogP contribution in [0.2, 0.25) is 0 Å². The summed E-state index contributed by atoms with van der Waals surface area (Å²) in [5.41, 5.74) is 2.05. The average Bonchev–Trinajstić information content (AvgIpc) is 2.47. The van der Waals surface area contributed by atoms with Gasteiger partial charge in [0.15, 0.2) is 0 Å². The Balaban J connectivity index is 2.11. The van der Waals surface area contributed by atoms with Crippen LogP contribution < -0.4 is 5.56 Å². The summed E-state index contributed by atoms with van der Waals surface area (Å²) < 4.78 is 5.22. The Kier molecular flexibility index (Phi) is 4.76. The first-order valence-corrected chi connectivity index (χ1v) is 7.02. The third-order valence-electron chi connectivity index (χ3n) is 3.87. The molecule has 0 bridgehead atoms. The van der Waals surface area contributed by atoms with Crippen molar-refractivity contribution in [2.24, 2.45) is 0 Å². The normalized spacial score (nSPS) is 14.8. The number of aryl methyl sites for hydroxylation is 1. The first kappa shape index (κ1) is 15.3. The number of nitrogens with one attached hydrogen (secondary N) is 1. The van der Waals surface area contributed by atoms with E-state index >= 15 is 0 Å². The molecule has 1 aliphatic heterocycles. The molecule has 6 heteroatoms. The summed E-state index contributed by atoms with van der Waals surface area (Å²) in [6, 6.07) is 1.93. The topological polar surface area (TPSA) is 86.2 Å². The number of pyridine rings is 1. The van der Waals surface area contributed by atoms with Gasteiger partial charge in [0, 0.05) is 25.2 Å². The molecule has 0 aliphatic carbocycles. The van der Waals surface area contributed by atoms with Gasteiger partial charge in [-0.3, -0.25) is 9.59 Å². The number of nitriles is 1. The molecule has 1 N–H and O–H groups in total. The van der Waals surface area contributed by atoms with Gasteiger partial charge in [0.25, 0.3) is 5.56 Å². The molecule has 112 valence electrons. The molecule has 1 fully saturated rings. The molecule has 0 saturated carbocycles. The number of morpholine rings is 1. The Bertz CT molecular complexity index is 637. The molecule has 0 radical (unpaired) electrons. The van der Waals surface area contributed by atoms with Crippen LogP contribution in [-0.2, 0) is 16.0 Å². The summed E-state index contributed by atoms with van der Waals surface area (Å²) in [5, 5.41) is 9.04. The van der Waals surface area contributed by atoms with Crippen LogP contribution in [0.5, 0.6) is 0 Å². The van der Waals surface area contributed by atoms with Crippen molar-refractivity contribution in [3.63, 3.8) is 0 Å². The lowest BCUT2D eigenvalue weighted by Gasteiger charge is -2.27. The van der Waals surface area contributed by atoms with E-state index in [4.69, 9.17) is 10.00 Å². The number of hydrogen-bond donors (Lipinski definition) is 1. The van der Waals surface area contributed by atoms with Crippen LogP contribution in [-0.4, -0.2) is 42.1 Å². The number of aromatic amines is 1. The third kappa shape index (κ3) is 3.31. The fourth-order valence-corrected chi connectivity index (χ4v) is 2.62. The number of amides is 1. The highest BCUT2D eigenvalue weighted by atomic mass is 16.5. The minimum absolute atomic E-state index is 0.0850. The number of carbonyl (C=O) groups excluding carboxylic acids is 1. The van der Waals surface area contributed by atoms with Crippen molar-refractivity contribution >= 4 is 5.91 Å². The van der Waals surface area contributed by atoms with Gasteiger partial charge in [0.2, 0.25) is 5.91 Å². The summed E-state index contributed by atoms with van der Waals surface area (Å²) >= 11 is 0. The fourth-order valence-electron chi connectivity index (χ4n) is 2.62. The van der Waals surface area contributed by atoms with E-state index < -0.39 is 0 Å². The van der Waals surface area contributed by atoms with E-state index in [1.165, 1.54) is 0 Å². The number of ether oxygens (including phenoxy) is 1. The van der Waals surface area contributed by atoms with E-state index in [2.05, 4.69) is 4.98 Å². The van der Waals surface area contributed by atoms with Gasteiger partial charge in [-0.1, -0.05) is 0 Å². The fraction of sp³-hybridized carbons (Fsp3) is 0.533. The second-order valence-electron chi connectivity index (χ2n) is 5.16. The molecule has 0 aromatic carbocycles. The maximum atomic E-state index is 12.1. The molecule has 6 nitrogen and oxygen atoms in total. The van der Waals surface area contributed by atoms with Crippen LogP contribution in [0.3, 0.4) is 0 Å². The molecular weight excluding hydrogens is 270 g/mol. The van der Waals surface area contributed by atoms with E-state index in [0.29, 0.717) is 44.7 Å². The zero-order valence-corrected chi connectivity index (χ0v) is 12.4. The first-order valence-electron chi connectivity index (χ1n) is 7.02. The second-order valence-corrected chi connectivity index (χ2v) is 5.16. The van der Waals surface area contributed by atoms with Gasteiger partial charge in [-0.05, 0) is 31.4 Å². The van der Waals surface area contributed by atoms with Gasteiger partial charge in [-0.25, -0.2) is 0 Å². The van der Waals surface area contributed by atoms with E-state index in [9.17, 15) is 9.59 Å². The Morgan fingerprint density at radius 2 is 2.05 bits per heavy atom. The maximum Gasteiger partial charge on any atom is 0.266 e. The standard InChI is InChI=1S/C15H19N3O3/c1-10-12(11(2)17-15(20)13(10)9-16)3-4-14(19)18-5-7-21-8-6-18/h3-8H2,1-2H3,(H,17,20). The number of aromatic nitrogens is 1. The van der Waals surface area contributed by atoms with Gasteiger partial charge < -0.3 is 14.6 Å². The molecule has 0 atom stereocenters. The highest BCUT2D eigenvalue weighted by Crippen LogP contribution is 2.15. The average molecular weight is 289 g/mol. The van der Waals surface area contributed by atoms with E-state index in [1.54, 1.807) is 18.7 Å². The SMILES string of the molecule is Cc1[nH]c(=O)c(C#N)c(C)c1CCC(=O)N1CCOCC1. The van der Waals surface area contributed by atoms with Gasteiger partial charge in [0.05, 0.1) is 13.2 Å². The van der Waals surface area contributed by atoms with Crippen molar-refractivity contribution in [2.75, 3.05) is 26.3 Å². The molecule has 0 spiro atoms. The van der Waals surface area contributed by atoms with Crippen molar-refractivity contribution in [2.45, 2.75) is 26.7 Å². The largest absolute Gasteiger partial charge is 0.378 e. The molecule has 1 aliphatic rings. The summed E-state index contributed by atoms with van der Waals surface area (Å²) in [6.07, 6.45) is 0.901. The van der Waals surface area contributed by atoms with Gasteiger partial charge >= 0.3 is 0 Å². The van der Waals surface area contributed by atoms with E-state index in [-0.39, 0.29) is 17.0 Å². The smallest absolute Gasteiger partial charge is 0.266 e. The molecule has 2 rings (SSSR count). The zero-order chi connectivity index (χ0) is 15.4. The molecule has 2 heterocycles. The van der Waals surface area contributed by atoms with Crippen LogP contribution in [0, 0.1) is 25.2 Å². The summed E-state index contributed by atoms with van der Waals surface area (Å²) in [7, 11) is 0. The van der Waals surface area contributed by atoms with E-state index in [0.717, 1.165) is 11.3 Å². The lowest BCUT2D eigenvalue weighted by molar-refractivity contribution is -0.135. The second kappa shape index (κ2) is 6.55. The lowest BCUT2D eigenvalue weighted by atomic mass is 9.99. The van der Waals surface area contributed by atoms with Gasteiger partial charge in [-0.2, -0.15) is 5.26 Å². The van der Waals surface area contributed by atoms with Gasteiger partial charge in [-0.15, -0.1) is 0 Å². The summed E-state index contributed by atoms with van der Waals surface area (Å²) in [4.78, 5) is 28.3. The summed E-state index contributed by atoms with van der Waals surface area (Å²) in [6.45, 7) is 5.99. The predicted molar refractivity (Wildman–Crippen MR) is 77.0 cm³/mol. The van der Waals surface area contributed by atoms with E-state index in [1.807, 2.05) is 6.07 Å². The minimum atomic E-state index is -0.365. The first-order chi connectivity index (χ1) is 10.0. The molecule has 1 saturated heterocycles. The molecule has 1 aromatic heterocycles. The van der Waals surface area contributed by atoms with Crippen LogP contribution in [0.25, 0.3) is 0 Å². The maximum absolute atomic E-state index is 12.1.